The van der Waals surface area contributed by atoms with E-state index in [-0.39, 0.29) is 28.7 Å². The van der Waals surface area contributed by atoms with Gasteiger partial charge in [-0.25, -0.2) is 14.8 Å². The van der Waals surface area contributed by atoms with Gasteiger partial charge in [-0.1, -0.05) is 48.0 Å². The zero-order valence-electron chi connectivity index (χ0n) is 27.5. The second-order valence-corrected chi connectivity index (χ2v) is 12.4. The first-order valence-electron chi connectivity index (χ1n) is 15.7. The van der Waals surface area contributed by atoms with Gasteiger partial charge in [0.15, 0.2) is 0 Å². The molecule has 260 valence electrons. The molecule has 1 saturated heterocycles. The fraction of sp³-hybridized carbons (Fsp3) is 0.286. The Bertz CT molecular complexity index is 2270. The summed E-state index contributed by atoms with van der Waals surface area (Å²) in [6.07, 6.45) is -3.53. The van der Waals surface area contributed by atoms with E-state index in [2.05, 4.69) is 20.9 Å². The number of carbonyl (C=O) groups excluding carboxylic acids is 1. The van der Waals surface area contributed by atoms with Crippen molar-refractivity contribution < 1.29 is 22.7 Å². The summed E-state index contributed by atoms with van der Waals surface area (Å²) in [5.74, 6) is 0.129. The number of nitrogens with zero attached hydrogens (tertiary/aromatic N) is 4. The van der Waals surface area contributed by atoms with Crippen molar-refractivity contribution in [3.8, 4) is 28.3 Å². The maximum Gasteiger partial charge on any atom is 0.433 e. The first-order valence-corrected chi connectivity index (χ1v) is 16.0. The van der Waals surface area contributed by atoms with Crippen LogP contribution in [-0.4, -0.2) is 44.7 Å². The van der Waals surface area contributed by atoms with Crippen LogP contribution in [-0.2, 0) is 31.6 Å². The van der Waals surface area contributed by atoms with Gasteiger partial charge in [0, 0.05) is 62.0 Å². The summed E-state index contributed by atoms with van der Waals surface area (Å²) < 4.78 is 49.2. The van der Waals surface area contributed by atoms with Gasteiger partial charge in [0.25, 0.3) is 5.56 Å². The van der Waals surface area contributed by atoms with Crippen molar-refractivity contribution in [2.45, 2.75) is 38.5 Å². The maximum atomic E-state index is 13.9. The zero-order valence-corrected chi connectivity index (χ0v) is 28.3. The predicted octanol–water partition coefficient (Wildman–Crippen LogP) is 5.46. The molecular weight excluding hydrogens is 675 g/mol. The van der Waals surface area contributed by atoms with Crippen molar-refractivity contribution in [1.82, 2.24) is 29.7 Å². The number of carbonyl (C=O) groups is 1. The number of hydrogen-bond donors (Lipinski definition) is 3. The highest BCUT2D eigenvalue weighted by Gasteiger charge is 2.34. The molecule has 5 aromatic rings. The number of halogens is 4. The summed E-state index contributed by atoms with van der Waals surface area (Å²) in [6.45, 7) is 2.87. The Morgan fingerprint density at radius 1 is 1.00 bits per heavy atom. The molecule has 1 fully saturated rings. The van der Waals surface area contributed by atoms with Gasteiger partial charge in [-0.2, -0.15) is 13.2 Å². The van der Waals surface area contributed by atoms with Crippen LogP contribution >= 0.6 is 11.6 Å². The van der Waals surface area contributed by atoms with E-state index in [1.165, 1.54) is 21.2 Å². The Morgan fingerprint density at radius 3 is 2.42 bits per heavy atom. The number of hydrogen-bond acceptors (Lipinski definition) is 8. The van der Waals surface area contributed by atoms with Gasteiger partial charge in [0.05, 0.1) is 23.3 Å². The van der Waals surface area contributed by atoms with E-state index < -0.39 is 23.1 Å². The van der Waals surface area contributed by atoms with Crippen LogP contribution in [0.1, 0.15) is 29.7 Å². The smallest absolute Gasteiger partial charge is 0.433 e. The number of amides is 1. The number of benzene rings is 2. The molecule has 1 aliphatic heterocycles. The van der Waals surface area contributed by atoms with E-state index in [1.807, 2.05) is 36.4 Å². The molecule has 0 saturated carbocycles. The highest BCUT2D eigenvalue weighted by atomic mass is 35.5. The Balaban J connectivity index is 1.34. The number of rotatable bonds is 9. The van der Waals surface area contributed by atoms with Crippen LogP contribution in [0.3, 0.4) is 0 Å². The molecule has 4 heterocycles. The van der Waals surface area contributed by atoms with Gasteiger partial charge < -0.3 is 20.7 Å². The Hall–Kier alpha value is -5.21. The molecule has 0 bridgehead atoms. The molecule has 2 aromatic carbocycles. The average Bonchev–Trinajstić information content (AvgIpc) is 3.51. The summed E-state index contributed by atoms with van der Waals surface area (Å²) >= 11 is 7.02. The molecule has 3 aromatic heterocycles. The SMILES string of the molecule is COc1nc(-c2cccc(-c3cccc(Nc4nc(C(F)(F)F)cc5c4c(=O)n(C)c(=O)n5C)c3C)c2Cl)ccc1CNCC1CCC(=O)N1. The van der Waals surface area contributed by atoms with Gasteiger partial charge >= 0.3 is 11.9 Å². The third-order valence-corrected chi connectivity index (χ3v) is 9.23. The van der Waals surface area contributed by atoms with Crippen molar-refractivity contribution in [2.75, 3.05) is 19.0 Å². The Morgan fingerprint density at radius 2 is 1.72 bits per heavy atom. The first-order chi connectivity index (χ1) is 23.8. The predicted molar refractivity (Wildman–Crippen MR) is 185 cm³/mol. The van der Waals surface area contributed by atoms with Crippen LogP contribution in [0.15, 0.2) is 64.2 Å². The van der Waals surface area contributed by atoms with E-state index in [9.17, 15) is 27.6 Å². The molecule has 11 nitrogen and oxygen atoms in total. The monoisotopic (exact) mass is 707 g/mol. The van der Waals surface area contributed by atoms with Crippen molar-refractivity contribution in [1.29, 1.82) is 0 Å². The van der Waals surface area contributed by atoms with E-state index >= 15 is 0 Å². The minimum absolute atomic E-state index is 0.0558. The van der Waals surface area contributed by atoms with Gasteiger partial charge in [-0.15, -0.1) is 0 Å². The molecule has 0 radical (unpaired) electrons. The maximum absolute atomic E-state index is 13.9. The molecule has 0 aliphatic carbocycles. The molecule has 3 N–H and O–H groups in total. The van der Waals surface area contributed by atoms with Crippen LogP contribution in [0.25, 0.3) is 33.3 Å². The molecule has 1 amide bonds. The minimum atomic E-state index is -4.84. The first kappa shape index (κ1) is 34.6. The lowest BCUT2D eigenvalue weighted by Crippen LogP contribution is -2.37. The largest absolute Gasteiger partial charge is 0.481 e. The number of methoxy groups -OCH3 is 1. The summed E-state index contributed by atoms with van der Waals surface area (Å²) in [7, 11) is 4.08. The Kier molecular flexibility index (Phi) is 9.42. The van der Waals surface area contributed by atoms with E-state index in [1.54, 1.807) is 19.1 Å². The number of aromatic nitrogens is 4. The van der Waals surface area contributed by atoms with Crippen LogP contribution in [0.2, 0.25) is 5.02 Å². The topological polar surface area (TPSA) is 132 Å². The summed E-state index contributed by atoms with van der Waals surface area (Å²) in [5.41, 5.74) is 1.29. The van der Waals surface area contributed by atoms with Crippen LogP contribution in [0, 0.1) is 6.92 Å². The number of pyridine rings is 2. The second kappa shape index (κ2) is 13.6. The van der Waals surface area contributed by atoms with Crippen LogP contribution < -0.4 is 31.9 Å². The lowest BCUT2D eigenvalue weighted by atomic mass is 9.96. The quantitative estimate of drug-likeness (QED) is 0.184. The van der Waals surface area contributed by atoms with Crippen molar-refractivity contribution in [3.63, 3.8) is 0 Å². The number of fused-ring (bicyclic) bond motifs is 1. The Labute approximate surface area is 289 Å². The van der Waals surface area contributed by atoms with Gasteiger partial charge in [0.1, 0.15) is 16.9 Å². The summed E-state index contributed by atoms with van der Waals surface area (Å²) in [4.78, 5) is 45.8. The molecule has 15 heteroatoms. The van der Waals surface area contributed by atoms with Crippen LogP contribution in [0.4, 0.5) is 24.7 Å². The average molecular weight is 708 g/mol. The number of nitrogens with one attached hydrogen (secondary N) is 3. The highest BCUT2D eigenvalue weighted by Crippen LogP contribution is 2.40. The van der Waals surface area contributed by atoms with Gasteiger partial charge in [-0.05, 0) is 42.7 Å². The molecule has 50 heavy (non-hydrogen) atoms. The standard InChI is InChI=1S/C35H33ClF3N7O4/c1-18-21(7-6-10-24(18)42-31-29-26(15-27(44-31)35(37,38)39)45(2)34(49)46(3)33(29)48)22-8-5-9-23(30(22)36)25-13-11-19(32(43-25)50-4)16-40-17-20-12-14-28(47)41-20/h5-11,13,15,20,40H,12,14,16-17H2,1-4H3,(H,41,47)(H,42,44). The molecular formula is C35H33ClF3N7O4. The van der Waals surface area contributed by atoms with Crippen molar-refractivity contribution >= 4 is 39.9 Å². The van der Waals surface area contributed by atoms with Crippen molar-refractivity contribution in [3.05, 3.63) is 97.3 Å². The molecule has 6 rings (SSSR count). The number of ether oxygens (including phenoxy) is 1. The normalized spacial score (nSPS) is 14.6. The molecule has 1 aliphatic rings. The minimum Gasteiger partial charge on any atom is -0.481 e. The fourth-order valence-electron chi connectivity index (χ4n) is 6.10. The van der Waals surface area contributed by atoms with E-state index in [0.29, 0.717) is 70.1 Å². The molecule has 1 atom stereocenters. The number of alkyl halides is 3. The van der Waals surface area contributed by atoms with Crippen LogP contribution in [0.5, 0.6) is 5.88 Å². The highest BCUT2D eigenvalue weighted by molar-refractivity contribution is 6.36. The molecule has 1 unspecified atom stereocenters. The van der Waals surface area contributed by atoms with E-state index in [4.69, 9.17) is 21.3 Å². The summed E-state index contributed by atoms with van der Waals surface area (Å²) in [5, 5.41) is 9.42. The number of anilines is 2. The van der Waals surface area contributed by atoms with Crippen molar-refractivity contribution in [2.24, 2.45) is 14.1 Å². The third kappa shape index (κ3) is 6.55. The lowest BCUT2D eigenvalue weighted by molar-refractivity contribution is -0.141. The fourth-order valence-corrected chi connectivity index (χ4v) is 6.42. The zero-order chi connectivity index (χ0) is 35.9. The van der Waals surface area contributed by atoms with Gasteiger partial charge in [0.2, 0.25) is 11.8 Å². The van der Waals surface area contributed by atoms with Gasteiger partial charge in [-0.3, -0.25) is 18.7 Å². The third-order valence-electron chi connectivity index (χ3n) is 8.82. The van der Waals surface area contributed by atoms with E-state index in [0.717, 1.165) is 21.1 Å². The second-order valence-electron chi connectivity index (χ2n) is 12.0. The lowest BCUT2D eigenvalue weighted by Gasteiger charge is -2.18. The molecule has 0 spiro atoms. The summed E-state index contributed by atoms with van der Waals surface area (Å²) in [6, 6.07) is 15.2. The number of aryl methyl sites for hydroxylation is 1.